The fourth-order valence-electron chi connectivity index (χ4n) is 3.02. The normalized spacial score (nSPS) is 18.5. The molecule has 1 aliphatic rings. The molecule has 3 rings (SSSR count). The van der Waals surface area contributed by atoms with Crippen molar-refractivity contribution in [1.82, 2.24) is 24.6 Å². The van der Waals surface area contributed by atoms with Crippen LogP contribution in [0.2, 0.25) is 0 Å². The molecule has 1 fully saturated rings. The van der Waals surface area contributed by atoms with E-state index in [1.807, 2.05) is 0 Å². The zero-order valence-corrected chi connectivity index (χ0v) is 13.5. The van der Waals surface area contributed by atoms with Gasteiger partial charge in [0.1, 0.15) is 12.2 Å². The van der Waals surface area contributed by atoms with Crippen molar-refractivity contribution in [3.63, 3.8) is 0 Å². The third kappa shape index (κ3) is 3.54. The van der Waals surface area contributed by atoms with Gasteiger partial charge in [0, 0.05) is 32.7 Å². The number of aromatic nitrogens is 3. The van der Waals surface area contributed by atoms with E-state index in [1.165, 1.54) is 5.56 Å². The van der Waals surface area contributed by atoms with Gasteiger partial charge in [0.25, 0.3) is 0 Å². The van der Waals surface area contributed by atoms with E-state index in [-0.39, 0.29) is 0 Å². The number of nitrogens with zero attached hydrogens (tertiary/aromatic N) is 5. The van der Waals surface area contributed by atoms with Gasteiger partial charge in [0.15, 0.2) is 0 Å². The second-order valence-corrected chi connectivity index (χ2v) is 6.09. The van der Waals surface area contributed by atoms with E-state index >= 15 is 0 Å². The molecule has 5 nitrogen and oxygen atoms in total. The summed E-state index contributed by atoms with van der Waals surface area (Å²) < 4.78 is 2.07. The second kappa shape index (κ2) is 7.03. The van der Waals surface area contributed by atoms with Crippen LogP contribution < -0.4 is 0 Å². The first-order valence-electron chi connectivity index (χ1n) is 8.08. The van der Waals surface area contributed by atoms with Crippen molar-refractivity contribution < 1.29 is 0 Å². The first-order chi connectivity index (χ1) is 10.7. The summed E-state index contributed by atoms with van der Waals surface area (Å²) in [6.07, 6.45) is 2.68. The molecule has 5 heteroatoms. The minimum atomic E-state index is 0.326. The number of hydrogen-bond acceptors (Lipinski definition) is 4. The highest BCUT2D eigenvalue weighted by Crippen LogP contribution is 2.19. The zero-order chi connectivity index (χ0) is 15.4. The molecule has 0 amide bonds. The first-order valence-corrected chi connectivity index (χ1v) is 8.08. The van der Waals surface area contributed by atoms with Crippen LogP contribution in [0.15, 0.2) is 36.7 Å². The largest absolute Gasteiger partial charge is 0.304 e. The van der Waals surface area contributed by atoms with Crippen molar-refractivity contribution in [2.24, 2.45) is 0 Å². The molecule has 1 aliphatic heterocycles. The Labute approximate surface area is 132 Å². The second-order valence-electron chi connectivity index (χ2n) is 6.09. The fourth-order valence-corrected chi connectivity index (χ4v) is 3.02. The highest BCUT2D eigenvalue weighted by atomic mass is 15.4. The van der Waals surface area contributed by atoms with Crippen LogP contribution >= 0.6 is 0 Å². The standard InChI is InChI=1S/C17H25N5/c1-15(21-12-10-20(2)11-13-21)17-18-14-19-22(17)9-8-16-6-4-3-5-7-16/h3-7,14-15H,8-13H2,1-2H3. The van der Waals surface area contributed by atoms with E-state index in [4.69, 9.17) is 0 Å². The van der Waals surface area contributed by atoms with Crippen molar-refractivity contribution in [3.05, 3.63) is 48.0 Å². The first kappa shape index (κ1) is 15.2. The summed E-state index contributed by atoms with van der Waals surface area (Å²) in [4.78, 5) is 9.40. The molecule has 22 heavy (non-hydrogen) atoms. The van der Waals surface area contributed by atoms with Crippen LogP contribution in [-0.2, 0) is 13.0 Å². The highest BCUT2D eigenvalue weighted by Gasteiger charge is 2.23. The summed E-state index contributed by atoms with van der Waals surface area (Å²) >= 11 is 0. The number of benzene rings is 1. The molecule has 1 unspecified atom stereocenters. The van der Waals surface area contributed by atoms with Crippen LogP contribution in [-0.4, -0.2) is 57.8 Å². The van der Waals surface area contributed by atoms with Gasteiger partial charge in [-0.25, -0.2) is 9.67 Å². The molecule has 1 saturated heterocycles. The lowest BCUT2D eigenvalue weighted by Crippen LogP contribution is -2.45. The van der Waals surface area contributed by atoms with Crippen LogP contribution in [0, 0.1) is 0 Å². The smallest absolute Gasteiger partial charge is 0.143 e. The average molecular weight is 299 g/mol. The molecule has 0 radical (unpaired) electrons. The lowest BCUT2D eigenvalue weighted by Gasteiger charge is -2.36. The molecule has 2 aromatic rings. The predicted molar refractivity (Wildman–Crippen MR) is 87.7 cm³/mol. The minimum Gasteiger partial charge on any atom is -0.304 e. The summed E-state index contributed by atoms with van der Waals surface area (Å²) in [7, 11) is 2.18. The summed E-state index contributed by atoms with van der Waals surface area (Å²) in [5, 5.41) is 4.43. The molecular formula is C17H25N5. The molecule has 0 bridgehead atoms. The van der Waals surface area contributed by atoms with Crippen molar-refractivity contribution in [1.29, 1.82) is 0 Å². The van der Waals surface area contributed by atoms with Crippen LogP contribution in [0.25, 0.3) is 0 Å². The molecule has 0 saturated carbocycles. The predicted octanol–water partition coefficient (Wildman–Crippen LogP) is 1.83. The van der Waals surface area contributed by atoms with E-state index in [0.29, 0.717) is 6.04 Å². The molecule has 118 valence electrons. The van der Waals surface area contributed by atoms with Crippen LogP contribution in [0.5, 0.6) is 0 Å². The summed E-state index contributed by atoms with van der Waals surface area (Å²) in [6, 6.07) is 10.9. The zero-order valence-electron chi connectivity index (χ0n) is 13.5. The molecule has 0 spiro atoms. The Morgan fingerprint density at radius 1 is 1.09 bits per heavy atom. The molecule has 1 atom stereocenters. The van der Waals surface area contributed by atoms with Crippen molar-refractivity contribution in [2.45, 2.75) is 25.9 Å². The summed E-state index contributed by atoms with van der Waals surface area (Å²) in [5.74, 6) is 1.08. The fraction of sp³-hybridized carbons (Fsp3) is 0.529. The number of rotatable bonds is 5. The number of aryl methyl sites for hydroxylation is 2. The molecular weight excluding hydrogens is 274 g/mol. The third-order valence-electron chi connectivity index (χ3n) is 4.56. The van der Waals surface area contributed by atoms with Gasteiger partial charge in [-0.15, -0.1) is 0 Å². The summed E-state index contributed by atoms with van der Waals surface area (Å²) in [5.41, 5.74) is 1.34. The third-order valence-corrected chi connectivity index (χ3v) is 4.56. The van der Waals surface area contributed by atoms with Crippen LogP contribution in [0.1, 0.15) is 24.4 Å². The number of hydrogen-bond donors (Lipinski definition) is 0. The van der Waals surface area contributed by atoms with E-state index in [9.17, 15) is 0 Å². The maximum Gasteiger partial charge on any atom is 0.143 e. The van der Waals surface area contributed by atoms with E-state index in [2.05, 4.69) is 68.9 Å². The lowest BCUT2D eigenvalue weighted by atomic mass is 10.1. The van der Waals surface area contributed by atoms with Crippen molar-refractivity contribution in [3.8, 4) is 0 Å². The number of piperazine rings is 1. The van der Waals surface area contributed by atoms with Gasteiger partial charge >= 0.3 is 0 Å². The summed E-state index contributed by atoms with van der Waals surface area (Å²) in [6.45, 7) is 7.59. The Kier molecular flexibility index (Phi) is 4.85. The van der Waals surface area contributed by atoms with Gasteiger partial charge in [-0.3, -0.25) is 4.90 Å². The van der Waals surface area contributed by atoms with Crippen molar-refractivity contribution >= 4 is 0 Å². The van der Waals surface area contributed by atoms with Gasteiger partial charge in [-0.05, 0) is 26.0 Å². The Bertz CT molecular complexity index is 572. The molecule has 2 heterocycles. The van der Waals surface area contributed by atoms with E-state index in [0.717, 1.165) is 45.0 Å². The SMILES string of the molecule is CC(c1ncnn1CCc1ccccc1)N1CCN(C)CC1. The Balaban J connectivity index is 1.64. The van der Waals surface area contributed by atoms with Gasteiger partial charge in [-0.2, -0.15) is 5.10 Å². The van der Waals surface area contributed by atoms with Gasteiger partial charge < -0.3 is 4.90 Å². The average Bonchev–Trinajstić information content (AvgIpc) is 3.02. The number of likely N-dealkylation sites (N-methyl/N-ethyl adjacent to an activating group) is 1. The van der Waals surface area contributed by atoms with Crippen molar-refractivity contribution in [2.75, 3.05) is 33.2 Å². The lowest BCUT2D eigenvalue weighted by molar-refractivity contribution is 0.113. The Morgan fingerprint density at radius 3 is 2.55 bits per heavy atom. The molecule has 0 aliphatic carbocycles. The maximum atomic E-state index is 4.52. The quantitative estimate of drug-likeness (QED) is 0.844. The monoisotopic (exact) mass is 299 g/mol. The van der Waals surface area contributed by atoms with E-state index in [1.54, 1.807) is 6.33 Å². The molecule has 1 aromatic carbocycles. The van der Waals surface area contributed by atoms with Crippen LogP contribution in [0.3, 0.4) is 0 Å². The molecule has 1 aromatic heterocycles. The minimum absolute atomic E-state index is 0.326. The van der Waals surface area contributed by atoms with Crippen LogP contribution in [0.4, 0.5) is 0 Å². The van der Waals surface area contributed by atoms with Gasteiger partial charge in [-0.1, -0.05) is 30.3 Å². The molecule has 0 N–H and O–H groups in total. The van der Waals surface area contributed by atoms with Gasteiger partial charge in [0.05, 0.1) is 6.04 Å². The maximum absolute atomic E-state index is 4.52. The van der Waals surface area contributed by atoms with Gasteiger partial charge in [0.2, 0.25) is 0 Å². The Morgan fingerprint density at radius 2 is 1.82 bits per heavy atom. The highest BCUT2D eigenvalue weighted by molar-refractivity contribution is 5.14. The van der Waals surface area contributed by atoms with E-state index < -0.39 is 0 Å². The topological polar surface area (TPSA) is 37.2 Å². The Hall–Kier alpha value is -1.72.